The van der Waals surface area contributed by atoms with Crippen molar-refractivity contribution >= 4 is 19.8 Å². The standard InChI is InChI=1S/C57H106NO8P/c1-3-5-7-9-11-13-15-17-19-21-23-24-25-26-27-28-29-30-32-33-35-37-39-41-43-45-47-49-56(59)63-53-55(54-65-67(61,62)64-52-51-58)66-57(60)50-48-46-44-42-40-38-36-34-31-22-20-18-16-14-12-10-8-6-4-2/h6,8,12,14,18,20,31,34,55H,3-5,7,9-11,13,15-17,19,21-30,32-33,35-54,58H2,1-2H3,(H,61,62)/b8-6-,14-12-,20-18-,34-31-. The van der Waals surface area contributed by atoms with E-state index in [-0.39, 0.29) is 38.6 Å². The van der Waals surface area contributed by atoms with E-state index in [2.05, 4.69) is 62.5 Å². The molecule has 0 aliphatic carbocycles. The first-order valence-electron chi connectivity index (χ1n) is 28.1. The number of carbonyl (C=O) groups excluding carboxylic acids is 2. The molecule has 0 aromatic heterocycles. The third kappa shape index (κ3) is 53.2. The highest BCUT2D eigenvalue weighted by Gasteiger charge is 2.26. The molecule has 0 bridgehead atoms. The van der Waals surface area contributed by atoms with Crippen molar-refractivity contribution in [3.8, 4) is 0 Å². The van der Waals surface area contributed by atoms with Crippen LogP contribution in [0.4, 0.5) is 0 Å². The summed E-state index contributed by atoms with van der Waals surface area (Å²) in [5.74, 6) is -0.834. The van der Waals surface area contributed by atoms with Gasteiger partial charge >= 0.3 is 19.8 Å². The SMILES string of the molecule is CC/C=C\C/C=C\C/C=C\C/C=C\CCCCCCCCC(=O)OC(COC(=O)CCCCCCCCCCCCCCCCCCCCCCCCCCCCC)COP(=O)(O)OCCN. The summed E-state index contributed by atoms with van der Waals surface area (Å²) in [6, 6.07) is 0. The molecular weight excluding hydrogens is 858 g/mol. The molecule has 0 aliphatic rings. The zero-order chi connectivity index (χ0) is 48.8. The third-order valence-electron chi connectivity index (χ3n) is 12.2. The van der Waals surface area contributed by atoms with E-state index in [1.165, 1.54) is 154 Å². The lowest BCUT2D eigenvalue weighted by Gasteiger charge is -2.19. The normalized spacial score (nSPS) is 13.4. The maximum absolute atomic E-state index is 12.7. The van der Waals surface area contributed by atoms with E-state index in [9.17, 15) is 19.0 Å². The first-order chi connectivity index (χ1) is 32.8. The lowest BCUT2D eigenvalue weighted by atomic mass is 10.0. The van der Waals surface area contributed by atoms with Crippen LogP contribution in [0.25, 0.3) is 0 Å². The number of unbranched alkanes of at least 4 members (excludes halogenated alkanes) is 32. The van der Waals surface area contributed by atoms with Gasteiger partial charge in [-0.2, -0.15) is 0 Å². The number of phosphoric acid groups is 1. The highest BCUT2D eigenvalue weighted by Crippen LogP contribution is 2.43. The molecule has 2 atom stereocenters. The number of hydrogen-bond acceptors (Lipinski definition) is 8. The summed E-state index contributed by atoms with van der Waals surface area (Å²) in [6.45, 7) is 3.65. The molecule has 0 spiro atoms. The van der Waals surface area contributed by atoms with Gasteiger partial charge in [-0.15, -0.1) is 0 Å². The Morgan fingerprint density at radius 1 is 0.463 bits per heavy atom. The van der Waals surface area contributed by atoms with Crippen LogP contribution in [0.3, 0.4) is 0 Å². The lowest BCUT2D eigenvalue weighted by molar-refractivity contribution is -0.161. The first kappa shape index (κ1) is 65.0. The monoisotopic (exact) mass is 964 g/mol. The van der Waals surface area contributed by atoms with Crippen LogP contribution in [0, 0.1) is 0 Å². The fourth-order valence-corrected chi connectivity index (χ4v) is 8.87. The van der Waals surface area contributed by atoms with Gasteiger partial charge < -0.3 is 20.1 Å². The smallest absolute Gasteiger partial charge is 0.462 e. The van der Waals surface area contributed by atoms with E-state index in [0.29, 0.717) is 6.42 Å². The van der Waals surface area contributed by atoms with Crippen LogP contribution in [0.15, 0.2) is 48.6 Å². The van der Waals surface area contributed by atoms with Crippen molar-refractivity contribution in [2.45, 2.75) is 277 Å². The Labute approximate surface area is 413 Å². The van der Waals surface area contributed by atoms with E-state index in [4.69, 9.17) is 24.3 Å². The fourth-order valence-electron chi connectivity index (χ4n) is 8.10. The van der Waals surface area contributed by atoms with Gasteiger partial charge in [0.05, 0.1) is 13.2 Å². The van der Waals surface area contributed by atoms with Gasteiger partial charge in [0.15, 0.2) is 6.10 Å². The summed E-state index contributed by atoms with van der Waals surface area (Å²) >= 11 is 0. The van der Waals surface area contributed by atoms with Crippen LogP contribution < -0.4 is 5.73 Å². The molecule has 0 aliphatic heterocycles. The molecule has 0 rings (SSSR count). The minimum Gasteiger partial charge on any atom is -0.462 e. The summed E-state index contributed by atoms with van der Waals surface area (Å²) in [5, 5.41) is 0. The van der Waals surface area contributed by atoms with Crippen molar-refractivity contribution < 1.29 is 37.6 Å². The molecule has 67 heavy (non-hydrogen) atoms. The average molecular weight is 964 g/mol. The Hall–Kier alpha value is -2.03. The topological polar surface area (TPSA) is 134 Å². The van der Waals surface area contributed by atoms with Crippen molar-refractivity contribution in [1.82, 2.24) is 0 Å². The third-order valence-corrected chi connectivity index (χ3v) is 13.2. The predicted molar refractivity (Wildman–Crippen MR) is 284 cm³/mol. The molecule has 2 unspecified atom stereocenters. The summed E-state index contributed by atoms with van der Waals surface area (Å²) in [5.41, 5.74) is 5.37. The maximum Gasteiger partial charge on any atom is 0.472 e. The van der Waals surface area contributed by atoms with Gasteiger partial charge in [-0.1, -0.05) is 255 Å². The zero-order valence-electron chi connectivity index (χ0n) is 43.6. The van der Waals surface area contributed by atoms with Crippen LogP contribution in [-0.2, 0) is 32.7 Å². The Kier molecular flexibility index (Phi) is 51.7. The van der Waals surface area contributed by atoms with Gasteiger partial charge in [0.25, 0.3) is 0 Å². The van der Waals surface area contributed by atoms with Crippen molar-refractivity contribution in [1.29, 1.82) is 0 Å². The number of rotatable bonds is 53. The molecule has 0 fully saturated rings. The van der Waals surface area contributed by atoms with Gasteiger partial charge in [0.2, 0.25) is 0 Å². The number of hydrogen-bond donors (Lipinski definition) is 2. The first-order valence-corrected chi connectivity index (χ1v) is 29.6. The highest BCUT2D eigenvalue weighted by atomic mass is 31.2. The lowest BCUT2D eigenvalue weighted by Crippen LogP contribution is -2.29. The van der Waals surface area contributed by atoms with Gasteiger partial charge in [-0.25, -0.2) is 4.57 Å². The second-order valence-corrected chi connectivity index (χ2v) is 20.2. The molecule has 0 radical (unpaired) electrons. The zero-order valence-corrected chi connectivity index (χ0v) is 44.5. The minimum absolute atomic E-state index is 0.0505. The number of phosphoric ester groups is 1. The van der Waals surface area contributed by atoms with Gasteiger partial charge in [0.1, 0.15) is 6.61 Å². The average Bonchev–Trinajstić information content (AvgIpc) is 3.32. The van der Waals surface area contributed by atoms with Crippen LogP contribution >= 0.6 is 7.82 Å². The molecule has 0 aromatic carbocycles. The number of allylic oxidation sites excluding steroid dienone is 8. The van der Waals surface area contributed by atoms with Crippen LogP contribution in [-0.4, -0.2) is 49.3 Å². The quantitative estimate of drug-likeness (QED) is 0.0264. The van der Waals surface area contributed by atoms with E-state index >= 15 is 0 Å². The molecule has 0 saturated carbocycles. The number of nitrogens with two attached hydrogens (primary N) is 1. The Morgan fingerprint density at radius 3 is 1.22 bits per heavy atom. The second-order valence-electron chi connectivity index (χ2n) is 18.8. The van der Waals surface area contributed by atoms with Crippen LogP contribution in [0.1, 0.15) is 271 Å². The Bertz CT molecular complexity index is 1240. The van der Waals surface area contributed by atoms with Crippen molar-refractivity contribution in [2.24, 2.45) is 5.73 Å². The Morgan fingerprint density at radius 2 is 0.821 bits per heavy atom. The number of carbonyl (C=O) groups is 2. The molecular formula is C57H106NO8P. The van der Waals surface area contributed by atoms with E-state index < -0.39 is 26.5 Å². The summed E-state index contributed by atoms with van der Waals surface area (Å²) in [4.78, 5) is 35.1. The van der Waals surface area contributed by atoms with Crippen molar-refractivity contribution in [2.75, 3.05) is 26.4 Å². The van der Waals surface area contributed by atoms with Crippen molar-refractivity contribution in [3.63, 3.8) is 0 Å². The molecule has 0 heterocycles. The van der Waals surface area contributed by atoms with E-state index in [1.54, 1.807) is 0 Å². The van der Waals surface area contributed by atoms with Gasteiger partial charge in [-0.3, -0.25) is 18.6 Å². The summed E-state index contributed by atoms with van der Waals surface area (Å²) in [6.07, 6.45) is 64.6. The van der Waals surface area contributed by atoms with E-state index in [0.717, 1.165) is 83.5 Å². The van der Waals surface area contributed by atoms with Gasteiger partial charge in [-0.05, 0) is 51.4 Å². The largest absolute Gasteiger partial charge is 0.472 e. The highest BCUT2D eigenvalue weighted by molar-refractivity contribution is 7.47. The summed E-state index contributed by atoms with van der Waals surface area (Å²) in [7, 11) is -4.39. The molecule has 0 saturated heterocycles. The van der Waals surface area contributed by atoms with Crippen molar-refractivity contribution in [3.05, 3.63) is 48.6 Å². The second kappa shape index (κ2) is 53.3. The van der Waals surface area contributed by atoms with Crippen LogP contribution in [0.2, 0.25) is 0 Å². The Balaban J connectivity index is 3.95. The molecule has 0 amide bonds. The molecule has 0 aromatic rings. The number of esters is 2. The van der Waals surface area contributed by atoms with E-state index in [1.807, 2.05) is 0 Å². The fraction of sp³-hybridized carbons (Fsp3) is 0.825. The minimum atomic E-state index is -4.39. The number of ether oxygens (including phenoxy) is 2. The maximum atomic E-state index is 12.7. The summed E-state index contributed by atoms with van der Waals surface area (Å²) < 4.78 is 33.0. The van der Waals surface area contributed by atoms with Crippen LogP contribution in [0.5, 0.6) is 0 Å². The molecule has 9 nitrogen and oxygen atoms in total. The van der Waals surface area contributed by atoms with Gasteiger partial charge in [0, 0.05) is 19.4 Å². The predicted octanol–water partition coefficient (Wildman–Crippen LogP) is 17.4. The molecule has 3 N–H and O–H groups in total. The molecule has 392 valence electrons. The molecule has 10 heteroatoms.